The van der Waals surface area contributed by atoms with Gasteiger partial charge in [-0.25, -0.2) is 13.2 Å². The topological polar surface area (TPSA) is 87.7 Å². The third-order valence-electron chi connectivity index (χ3n) is 5.77. The fourth-order valence-corrected chi connectivity index (χ4v) is 6.16. The van der Waals surface area contributed by atoms with E-state index in [9.17, 15) is 13.2 Å². The van der Waals surface area contributed by atoms with Crippen LogP contribution in [0.3, 0.4) is 0 Å². The maximum absolute atomic E-state index is 12.9. The van der Waals surface area contributed by atoms with Gasteiger partial charge in [0.05, 0.1) is 7.11 Å². The van der Waals surface area contributed by atoms with Crippen LogP contribution in [-0.4, -0.2) is 45.0 Å². The first kappa shape index (κ1) is 21.0. The summed E-state index contributed by atoms with van der Waals surface area (Å²) in [5.41, 5.74) is 0.930. The Morgan fingerprint density at radius 1 is 1.17 bits per heavy atom. The number of nitrogens with one attached hydrogen (secondary N) is 2. The van der Waals surface area contributed by atoms with E-state index >= 15 is 0 Å². The normalized spacial score (nSPS) is 18.3. The minimum atomic E-state index is -3.58. The molecular weight excluding hydrogens is 426 g/mol. The smallest absolute Gasteiger partial charge is 0.315 e. The molecule has 7 nitrogen and oxygen atoms in total. The highest BCUT2D eigenvalue weighted by Gasteiger charge is 2.56. The average molecular weight is 450 g/mol. The highest BCUT2D eigenvalue weighted by molar-refractivity contribution is 7.89. The molecule has 0 aromatic heterocycles. The molecule has 0 atom stereocenters. The molecule has 1 saturated heterocycles. The second-order valence-corrected chi connectivity index (χ2v) is 10.3. The predicted octanol–water partition coefficient (Wildman–Crippen LogP) is 3.00. The Morgan fingerprint density at radius 3 is 2.50 bits per heavy atom. The van der Waals surface area contributed by atoms with Crippen molar-refractivity contribution in [1.82, 2.24) is 14.9 Å². The Bertz CT molecular complexity index is 1030. The van der Waals surface area contributed by atoms with E-state index in [1.807, 2.05) is 12.1 Å². The molecule has 4 rings (SSSR count). The molecule has 0 bridgehead atoms. The Labute approximate surface area is 181 Å². The number of carbonyl (C=O) groups excluding carboxylic acids is 1. The van der Waals surface area contributed by atoms with Crippen LogP contribution >= 0.6 is 11.6 Å². The highest BCUT2D eigenvalue weighted by atomic mass is 35.5. The highest BCUT2D eigenvalue weighted by Crippen LogP contribution is 2.50. The van der Waals surface area contributed by atoms with Gasteiger partial charge in [0.25, 0.3) is 0 Å². The number of amides is 2. The lowest BCUT2D eigenvalue weighted by Gasteiger charge is -2.58. The second kappa shape index (κ2) is 8.09. The molecular formula is C21H24ClN3O4S. The maximum atomic E-state index is 12.9. The Balaban J connectivity index is 1.24. The summed E-state index contributed by atoms with van der Waals surface area (Å²) < 4.78 is 32.4. The first-order chi connectivity index (χ1) is 14.3. The van der Waals surface area contributed by atoms with Crippen molar-refractivity contribution < 1.29 is 17.9 Å². The molecule has 2 amide bonds. The summed E-state index contributed by atoms with van der Waals surface area (Å²) in [6.07, 6.45) is 1.55. The Hall–Kier alpha value is -2.29. The molecule has 1 aliphatic carbocycles. The van der Waals surface area contributed by atoms with Crippen molar-refractivity contribution in [3.05, 3.63) is 59.1 Å². The van der Waals surface area contributed by atoms with Crippen molar-refractivity contribution in [3.8, 4) is 5.75 Å². The third kappa shape index (κ3) is 4.12. The number of carbonyl (C=O) groups is 1. The van der Waals surface area contributed by atoms with Crippen molar-refractivity contribution >= 4 is 27.7 Å². The number of hydrogen-bond donors (Lipinski definition) is 2. The van der Waals surface area contributed by atoms with Crippen LogP contribution in [0.4, 0.5) is 4.79 Å². The lowest BCUT2D eigenvalue weighted by Crippen LogP contribution is -2.67. The molecule has 1 spiro atoms. The van der Waals surface area contributed by atoms with E-state index in [0.29, 0.717) is 30.4 Å². The van der Waals surface area contributed by atoms with Gasteiger partial charge in [0.2, 0.25) is 10.0 Å². The van der Waals surface area contributed by atoms with Gasteiger partial charge in [0, 0.05) is 36.1 Å². The van der Waals surface area contributed by atoms with Gasteiger partial charge < -0.3 is 15.4 Å². The molecule has 0 radical (unpaired) electrons. The molecule has 2 N–H and O–H groups in total. The number of para-hydroxylation sites is 1. The molecule has 2 aromatic carbocycles. The molecule has 1 heterocycles. The number of hydrogen-bond acceptors (Lipinski definition) is 4. The summed E-state index contributed by atoms with van der Waals surface area (Å²) >= 11 is 5.86. The minimum Gasteiger partial charge on any atom is -0.495 e. The molecule has 2 fully saturated rings. The van der Waals surface area contributed by atoms with Gasteiger partial charge >= 0.3 is 6.03 Å². The van der Waals surface area contributed by atoms with Gasteiger partial charge in [-0.15, -0.1) is 0 Å². The molecule has 0 unspecified atom stereocenters. The van der Waals surface area contributed by atoms with Crippen LogP contribution in [0.1, 0.15) is 18.4 Å². The first-order valence-corrected chi connectivity index (χ1v) is 11.6. The third-order valence-corrected chi connectivity index (χ3v) is 7.85. The fourth-order valence-electron chi connectivity index (χ4n) is 4.21. The molecule has 1 aliphatic heterocycles. The monoisotopic (exact) mass is 449 g/mol. The van der Waals surface area contributed by atoms with Crippen LogP contribution in [-0.2, 0) is 16.6 Å². The summed E-state index contributed by atoms with van der Waals surface area (Å²) in [5, 5.41) is 6.45. The maximum Gasteiger partial charge on any atom is 0.315 e. The van der Waals surface area contributed by atoms with Crippen LogP contribution in [0, 0.1) is 5.41 Å². The molecule has 2 aliphatic rings. The van der Waals surface area contributed by atoms with Crippen molar-refractivity contribution in [2.24, 2.45) is 5.41 Å². The minimum absolute atomic E-state index is 0.0385. The van der Waals surface area contributed by atoms with Crippen LogP contribution in [0.5, 0.6) is 5.75 Å². The van der Waals surface area contributed by atoms with E-state index in [0.717, 1.165) is 18.4 Å². The van der Waals surface area contributed by atoms with E-state index in [1.54, 1.807) is 36.4 Å². The average Bonchev–Trinajstić information content (AvgIpc) is 2.68. The van der Waals surface area contributed by atoms with Crippen molar-refractivity contribution in [2.45, 2.75) is 30.3 Å². The SMILES string of the molecule is COc1ccccc1S(=O)(=O)N1CC2(CC(NC(=O)NCc3ccc(Cl)cc3)C2)C1. The van der Waals surface area contributed by atoms with E-state index in [1.165, 1.54) is 11.4 Å². The van der Waals surface area contributed by atoms with Crippen LogP contribution in [0.2, 0.25) is 5.02 Å². The van der Waals surface area contributed by atoms with E-state index in [4.69, 9.17) is 16.3 Å². The molecule has 160 valence electrons. The first-order valence-electron chi connectivity index (χ1n) is 9.73. The largest absolute Gasteiger partial charge is 0.495 e. The molecule has 1 saturated carbocycles. The Morgan fingerprint density at radius 2 is 1.83 bits per heavy atom. The number of methoxy groups -OCH3 is 1. The number of sulfonamides is 1. The zero-order chi connectivity index (χ0) is 21.4. The Kier molecular flexibility index (Phi) is 5.65. The van der Waals surface area contributed by atoms with E-state index in [2.05, 4.69) is 10.6 Å². The lowest BCUT2D eigenvalue weighted by atomic mass is 9.61. The number of benzene rings is 2. The van der Waals surface area contributed by atoms with Crippen molar-refractivity contribution in [1.29, 1.82) is 0 Å². The quantitative estimate of drug-likeness (QED) is 0.709. The summed E-state index contributed by atoms with van der Waals surface area (Å²) in [6, 6.07) is 13.8. The summed E-state index contributed by atoms with van der Waals surface area (Å²) in [6.45, 7) is 1.36. The number of ether oxygens (including phenoxy) is 1. The van der Waals surface area contributed by atoms with Crippen molar-refractivity contribution in [2.75, 3.05) is 20.2 Å². The molecule has 30 heavy (non-hydrogen) atoms. The van der Waals surface area contributed by atoms with Gasteiger partial charge in [-0.3, -0.25) is 0 Å². The predicted molar refractivity (Wildman–Crippen MR) is 114 cm³/mol. The number of halogens is 1. The van der Waals surface area contributed by atoms with Gasteiger partial charge in [0.15, 0.2) is 0 Å². The van der Waals surface area contributed by atoms with Gasteiger partial charge in [0.1, 0.15) is 10.6 Å². The van der Waals surface area contributed by atoms with Gasteiger partial charge in [-0.1, -0.05) is 35.9 Å². The zero-order valence-corrected chi connectivity index (χ0v) is 18.2. The summed E-state index contributed by atoms with van der Waals surface area (Å²) in [5.74, 6) is 0.351. The van der Waals surface area contributed by atoms with Crippen LogP contribution < -0.4 is 15.4 Å². The number of urea groups is 1. The van der Waals surface area contributed by atoms with Gasteiger partial charge in [-0.05, 0) is 42.7 Å². The van der Waals surface area contributed by atoms with Gasteiger partial charge in [-0.2, -0.15) is 4.31 Å². The van der Waals surface area contributed by atoms with E-state index in [-0.39, 0.29) is 22.4 Å². The van der Waals surface area contributed by atoms with E-state index < -0.39 is 10.0 Å². The molecule has 9 heteroatoms. The summed E-state index contributed by atoms with van der Waals surface area (Å²) in [4.78, 5) is 12.3. The number of nitrogens with zero attached hydrogens (tertiary/aromatic N) is 1. The lowest BCUT2D eigenvalue weighted by molar-refractivity contribution is -0.0303. The molecule has 2 aromatic rings. The second-order valence-electron chi connectivity index (χ2n) is 7.98. The van der Waals surface area contributed by atoms with Crippen molar-refractivity contribution in [3.63, 3.8) is 0 Å². The van der Waals surface area contributed by atoms with Crippen LogP contribution in [0.15, 0.2) is 53.4 Å². The number of rotatable bonds is 6. The fraction of sp³-hybridized carbons (Fsp3) is 0.381. The summed E-state index contributed by atoms with van der Waals surface area (Å²) in [7, 11) is -2.11. The van der Waals surface area contributed by atoms with Crippen LogP contribution in [0.25, 0.3) is 0 Å². The zero-order valence-electron chi connectivity index (χ0n) is 16.6. The standard InChI is InChI=1S/C21H24ClN3O4S/c1-29-18-4-2-3-5-19(18)30(27,28)25-13-21(14-25)10-17(11-21)24-20(26)23-12-15-6-8-16(22)9-7-15/h2-9,17H,10-14H2,1H3,(H2,23,24,26).